The number of fused-ring (bicyclic) bond motifs is 1. The molecular formula is C22H27NO2. The number of anilines is 1. The molecule has 1 unspecified atom stereocenters. The summed E-state index contributed by atoms with van der Waals surface area (Å²) in [6, 6.07) is 9.99. The molecule has 0 saturated heterocycles. The number of carbonyl (C=O) groups excluding carboxylic acids is 1. The summed E-state index contributed by atoms with van der Waals surface area (Å²) in [5.74, 6) is 1.50. The Hall–Kier alpha value is -2.29. The molecule has 1 N–H and O–H groups in total. The van der Waals surface area contributed by atoms with E-state index in [2.05, 4.69) is 11.4 Å². The van der Waals surface area contributed by atoms with E-state index in [1.807, 2.05) is 44.2 Å². The molecule has 1 aromatic carbocycles. The number of benzene rings is 1. The lowest BCUT2D eigenvalue weighted by Crippen LogP contribution is -2.13. The van der Waals surface area contributed by atoms with E-state index in [-0.39, 0.29) is 5.78 Å². The molecule has 3 nitrogen and oxygen atoms in total. The fourth-order valence-electron chi connectivity index (χ4n) is 3.98. The smallest absolute Gasteiger partial charge is 0.162 e. The summed E-state index contributed by atoms with van der Waals surface area (Å²) in [6.45, 7) is 6.33. The Morgan fingerprint density at radius 3 is 2.64 bits per heavy atom. The molecule has 3 heteroatoms. The zero-order valence-corrected chi connectivity index (χ0v) is 15.4. The molecule has 3 rings (SSSR count). The van der Waals surface area contributed by atoms with Crippen LogP contribution in [0.1, 0.15) is 46.5 Å². The summed E-state index contributed by atoms with van der Waals surface area (Å²) in [7, 11) is 0. The van der Waals surface area contributed by atoms with Gasteiger partial charge in [0.15, 0.2) is 5.78 Å². The van der Waals surface area contributed by atoms with Gasteiger partial charge in [0.1, 0.15) is 5.76 Å². The average molecular weight is 337 g/mol. The Morgan fingerprint density at radius 2 is 1.96 bits per heavy atom. The first-order chi connectivity index (χ1) is 12.1. The van der Waals surface area contributed by atoms with E-state index in [0.29, 0.717) is 12.5 Å². The molecule has 0 bridgehead atoms. The molecule has 0 spiro atoms. The van der Waals surface area contributed by atoms with Gasteiger partial charge in [-0.15, -0.1) is 0 Å². The number of rotatable bonds is 6. The summed E-state index contributed by atoms with van der Waals surface area (Å²) < 4.78 is 5.90. The minimum atomic E-state index is 0.0988. The van der Waals surface area contributed by atoms with Crippen LogP contribution in [0.4, 0.5) is 5.69 Å². The van der Waals surface area contributed by atoms with Crippen LogP contribution < -0.4 is 5.32 Å². The molecule has 2 aliphatic carbocycles. The SMILES string of the molecule is CCOC1=CC(/C(C(C)=O)=C(\C)Nc2ccccc2)=C2CCCCC12. The van der Waals surface area contributed by atoms with Crippen LogP contribution in [-0.4, -0.2) is 12.4 Å². The van der Waals surface area contributed by atoms with Crippen LogP contribution in [0.15, 0.2) is 64.6 Å². The maximum Gasteiger partial charge on any atom is 0.162 e. The summed E-state index contributed by atoms with van der Waals surface area (Å²) in [5, 5.41) is 3.40. The maximum absolute atomic E-state index is 12.5. The number of ketones is 1. The first-order valence-electron chi connectivity index (χ1n) is 9.23. The van der Waals surface area contributed by atoms with Crippen LogP contribution in [-0.2, 0) is 9.53 Å². The van der Waals surface area contributed by atoms with E-state index >= 15 is 0 Å². The van der Waals surface area contributed by atoms with Crippen LogP contribution in [0, 0.1) is 5.92 Å². The van der Waals surface area contributed by atoms with Gasteiger partial charge in [-0.3, -0.25) is 4.79 Å². The van der Waals surface area contributed by atoms with Crippen molar-refractivity contribution in [2.75, 3.05) is 11.9 Å². The Kier molecular flexibility index (Phi) is 5.42. The number of hydrogen-bond acceptors (Lipinski definition) is 3. The van der Waals surface area contributed by atoms with Crippen molar-refractivity contribution in [3.63, 3.8) is 0 Å². The lowest BCUT2D eigenvalue weighted by atomic mass is 9.83. The lowest BCUT2D eigenvalue weighted by Gasteiger charge is -2.24. The molecule has 1 fully saturated rings. The summed E-state index contributed by atoms with van der Waals surface area (Å²) >= 11 is 0. The average Bonchev–Trinajstić information content (AvgIpc) is 2.95. The maximum atomic E-state index is 12.5. The van der Waals surface area contributed by atoms with Crippen molar-refractivity contribution in [2.24, 2.45) is 5.92 Å². The van der Waals surface area contributed by atoms with Crippen LogP contribution in [0.25, 0.3) is 0 Å². The largest absolute Gasteiger partial charge is 0.498 e. The number of nitrogens with one attached hydrogen (secondary N) is 1. The van der Waals surface area contributed by atoms with Crippen molar-refractivity contribution in [1.29, 1.82) is 0 Å². The Bertz CT molecular complexity index is 741. The highest BCUT2D eigenvalue weighted by molar-refractivity contribution is 6.00. The van der Waals surface area contributed by atoms with Gasteiger partial charge in [-0.25, -0.2) is 0 Å². The molecule has 1 aromatic rings. The standard InChI is InChI=1S/C22H27NO2/c1-4-25-21-14-20(18-12-8-9-13-19(18)21)22(16(3)24)15(2)23-17-10-6-5-7-11-17/h5-7,10-11,14,19,23H,4,8-9,12-13H2,1-3H3/b22-15+. The van der Waals surface area contributed by atoms with Gasteiger partial charge in [-0.2, -0.15) is 0 Å². The van der Waals surface area contributed by atoms with Crippen molar-refractivity contribution >= 4 is 11.5 Å². The van der Waals surface area contributed by atoms with Gasteiger partial charge in [0.05, 0.1) is 6.61 Å². The van der Waals surface area contributed by atoms with Gasteiger partial charge in [-0.1, -0.05) is 30.2 Å². The van der Waals surface area contributed by atoms with E-state index in [1.165, 1.54) is 18.4 Å². The topological polar surface area (TPSA) is 38.3 Å². The Labute approximate surface area is 150 Å². The second kappa shape index (κ2) is 7.73. The van der Waals surface area contributed by atoms with Crippen molar-refractivity contribution in [3.05, 3.63) is 64.6 Å². The predicted molar refractivity (Wildman–Crippen MR) is 102 cm³/mol. The third-order valence-corrected chi connectivity index (χ3v) is 5.00. The van der Waals surface area contributed by atoms with Crippen LogP contribution in [0.2, 0.25) is 0 Å². The molecule has 132 valence electrons. The molecule has 2 aliphatic rings. The number of hydrogen-bond donors (Lipinski definition) is 1. The summed E-state index contributed by atoms with van der Waals surface area (Å²) in [4.78, 5) is 12.5. The molecule has 1 atom stereocenters. The fourth-order valence-corrected chi connectivity index (χ4v) is 3.98. The molecule has 0 radical (unpaired) electrons. The van der Waals surface area contributed by atoms with E-state index in [4.69, 9.17) is 4.74 Å². The molecule has 25 heavy (non-hydrogen) atoms. The van der Waals surface area contributed by atoms with Crippen LogP contribution in [0.3, 0.4) is 0 Å². The highest BCUT2D eigenvalue weighted by Gasteiger charge is 2.33. The van der Waals surface area contributed by atoms with Gasteiger partial charge >= 0.3 is 0 Å². The normalized spacial score (nSPS) is 20.6. The number of allylic oxidation sites excluding steroid dienone is 5. The van der Waals surface area contributed by atoms with E-state index in [1.54, 1.807) is 6.92 Å². The van der Waals surface area contributed by atoms with Crippen molar-refractivity contribution in [3.8, 4) is 0 Å². The quantitative estimate of drug-likeness (QED) is 0.708. The fraction of sp³-hybridized carbons (Fsp3) is 0.409. The van der Waals surface area contributed by atoms with Gasteiger partial charge in [0.25, 0.3) is 0 Å². The Balaban J connectivity index is 2.01. The minimum absolute atomic E-state index is 0.0988. The second-order valence-electron chi connectivity index (χ2n) is 6.76. The summed E-state index contributed by atoms with van der Waals surface area (Å²) in [6.07, 6.45) is 6.72. The van der Waals surface area contributed by atoms with Crippen LogP contribution >= 0.6 is 0 Å². The van der Waals surface area contributed by atoms with E-state index < -0.39 is 0 Å². The molecule has 1 saturated carbocycles. The first-order valence-corrected chi connectivity index (χ1v) is 9.23. The molecule has 0 aliphatic heterocycles. The number of carbonyl (C=O) groups is 1. The number of Topliss-reactive ketones (excluding diaryl/α,β-unsaturated/α-hetero) is 1. The monoisotopic (exact) mass is 337 g/mol. The van der Waals surface area contributed by atoms with Gasteiger partial charge in [0.2, 0.25) is 0 Å². The molecule has 0 amide bonds. The third kappa shape index (κ3) is 3.71. The van der Waals surface area contributed by atoms with E-state index in [9.17, 15) is 4.79 Å². The van der Waals surface area contributed by atoms with Gasteiger partial charge < -0.3 is 10.1 Å². The van der Waals surface area contributed by atoms with Crippen LogP contribution in [0.5, 0.6) is 0 Å². The summed E-state index contributed by atoms with van der Waals surface area (Å²) in [5.41, 5.74) is 5.16. The van der Waals surface area contributed by atoms with Crippen molar-refractivity contribution in [1.82, 2.24) is 0 Å². The number of ether oxygens (including phenoxy) is 1. The first kappa shape index (κ1) is 17.5. The molecule has 0 heterocycles. The lowest BCUT2D eigenvalue weighted by molar-refractivity contribution is -0.113. The number of para-hydroxylation sites is 1. The van der Waals surface area contributed by atoms with E-state index in [0.717, 1.165) is 41.1 Å². The second-order valence-corrected chi connectivity index (χ2v) is 6.76. The van der Waals surface area contributed by atoms with Crippen molar-refractivity contribution < 1.29 is 9.53 Å². The zero-order valence-electron chi connectivity index (χ0n) is 15.4. The van der Waals surface area contributed by atoms with Crippen molar-refractivity contribution in [2.45, 2.75) is 46.5 Å². The molecular weight excluding hydrogens is 310 g/mol. The highest BCUT2D eigenvalue weighted by atomic mass is 16.5. The highest BCUT2D eigenvalue weighted by Crippen LogP contribution is 2.45. The molecule has 0 aromatic heterocycles. The predicted octanol–water partition coefficient (Wildman–Crippen LogP) is 5.38. The minimum Gasteiger partial charge on any atom is -0.498 e. The van der Waals surface area contributed by atoms with Gasteiger partial charge in [0, 0.05) is 22.9 Å². The third-order valence-electron chi connectivity index (χ3n) is 5.00. The van der Waals surface area contributed by atoms with Gasteiger partial charge in [-0.05, 0) is 63.8 Å². The zero-order chi connectivity index (χ0) is 17.8. The Morgan fingerprint density at radius 1 is 1.20 bits per heavy atom.